The van der Waals surface area contributed by atoms with Crippen molar-refractivity contribution in [2.24, 2.45) is 5.92 Å². The first-order chi connectivity index (χ1) is 14.9. The molecule has 1 saturated carbocycles. The Morgan fingerprint density at radius 2 is 1.81 bits per heavy atom. The second kappa shape index (κ2) is 8.66. The quantitative estimate of drug-likeness (QED) is 0.452. The van der Waals surface area contributed by atoms with Crippen LogP contribution in [0.4, 0.5) is 0 Å². The van der Waals surface area contributed by atoms with E-state index < -0.39 is 0 Å². The van der Waals surface area contributed by atoms with E-state index >= 15 is 0 Å². The van der Waals surface area contributed by atoms with Gasteiger partial charge < -0.3 is 4.74 Å². The summed E-state index contributed by atoms with van der Waals surface area (Å²) in [6, 6.07) is 18.7. The summed E-state index contributed by atoms with van der Waals surface area (Å²) in [6.45, 7) is 9.21. The average Bonchev–Trinajstić information content (AvgIpc) is 3.46. The third-order valence-electron chi connectivity index (χ3n) is 5.87. The highest BCUT2D eigenvalue weighted by Gasteiger charge is 2.45. The highest BCUT2D eigenvalue weighted by Crippen LogP contribution is 2.48. The van der Waals surface area contributed by atoms with Gasteiger partial charge in [-0.15, -0.1) is 5.10 Å². The third kappa shape index (κ3) is 4.71. The lowest BCUT2D eigenvalue weighted by Crippen LogP contribution is -2.17. The molecule has 0 aliphatic heterocycles. The van der Waals surface area contributed by atoms with Gasteiger partial charge in [0.2, 0.25) is 0 Å². The summed E-state index contributed by atoms with van der Waals surface area (Å²) >= 11 is 0. The molecule has 2 unspecified atom stereocenters. The predicted octanol–water partition coefficient (Wildman–Crippen LogP) is 5.87. The van der Waals surface area contributed by atoms with E-state index in [4.69, 9.17) is 4.74 Å². The van der Waals surface area contributed by atoms with Crippen molar-refractivity contribution < 1.29 is 9.53 Å². The molecule has 0 N–H and O–H groups in total. The predicted molar refractivity (Wildman–Crippen MR) is 122 cm³/mol. The van der Waals surface area contributed by atoms with E-state index in [1.54, 1.807) is 0 Å². The van der Waals surface area contributed by atoms with Crippen molar-refractivity contribution in [3.05, 3.63) is 65.7 Å². The monoisotopic (exact) mass is 417 g/mol. The van der Waals surface area contributed by atoms with E-state index in [-0.39, 0.29) is 29.2 Å². The molecule has 1 aliphatic rings. The Bertz CT molecular complexity index is 1030. The van der Waals surface area contributed by atoms with Crippen molar-refractivity contribution in [1.82, 2.24) is 14.8 Å². The van der Waals surface area contributed by atoms with Crippen molar-refractivity contribution in [2.45, 2.75) is 58.3 Å². The molecule has 1 fully saturated rings. The standard InChI is InChI=1S/C26H31N3O2/c1-5-6-16-31-25-27-23(19-12-14-20(15-13-19)26(2,3)4)29(28-25)24(30)22-17-21(22)18-10-8-7-9-11-18/h7-15,21-22H,5-6,16-17H2,1-4H3. The Morgan fingerprint density at radius 1 is 1.10 bits per heavy atom. The van der Waals surface area contributed by atoms with E-state index in [9.17, 15) is 4.79 Å². The molecule has 0 spiro atoms. The van der Waals surface area contributed by atoms with Crippen LogP contribution in [0.15, 0.2) is 54.6 Å². The van der Waals surface area contributed by atoms with Gasteiger partial charge in [0.1, 0.15) is 0 Å². The first-order valence-electron chi connectivity index (χ1n) is 11.2. The molecule has 1 aromatic heterocycles. The molecular weight excluding hydrogens is 386 g/mol. The van der Waals surface area contributed by atoms with Crippen LogP contribution in [-0.4, -0.2) is 27.3 Å². The van der Waals surface area contributed by atoms with Gasteiger partial charge in [0, 0.05) is 11.5 Å². The molecule has 2 atom stereocenters. The van der Waals surface area contributed by atoms with Gasteiger partial charge in [-0.2, -0.15) is 9.67 Å². The van der Waals surface area contributed by atoms with Crippen molar-refractivity contribution in [3.63, 3.8) is 0 Å². The van der Waals surface area contributed by atoms with Gasteiger partial charge in [-0.05, 0) is 35.3 Å². The van der Waals surface area contributed by atoms with Gasteiger partial charge in [-0.25, -0.2) is 0 Å². The summed E-state index contributed by atoms with van der Waals surface area (Å²) < 4.78 is 7.19. The minimum atomic E-state index is -0.0693. The van der Waals surface area contributed by atoms with Crippen LogP contribution in [0.5, 0.6) is 6.01 Å². The molecular formula is C26H31N3O2. The molecule has 5 heteroatoms. The molecule has 162 valence electrons. The number of hydrogen-bond acceptors (Lipinski definition) is 4. The minimum absolute atomic E-state index is 0.0124. The van der Waals surface area contributed by atoms with E-state index in [0.29, 0.717) is 12.4 Å². The van der Waals surface area contributed by atoms with Crippen LogP contribution in [0.3, 0.4) is 0 Å². The summed E-state index contributed by atoms with van der Waals surface area (Å²) in [6.07, 6.45) is 2.80. The average molecular weight is 418 g/mol. The fraction of sp³-hybridized carbons (Fsp3) is 0.423. The van der Waals surface area contributed by atoms with Gasteiger partial charge in [-0.3, -0.25) is 4.79 Å². The Balaban J connectivity index is 1.62. The van der Waals surface area contributed by atoms with Crippen LogP contribution in [0, 0.1) is 5.92 Å². The van der Waals surface area contributed by atoms with Gasteiger partial charge in [-0.1, -0.05) is 88.7 Å². The molecule has 1 aliphatic carbocycles. The number of ether oxygens (including phenoxy) is 1. The van der Waals surface area contributed by atoms with Gasteiger partial charge in [0.25, 0.3) is 5.91 Å². The van der Waals surface area contributed by atoms with Crippen molar-refractivity contribution in [2.75, 3.05) is 6.61 Å². The summed E-state index contributed by atoms with van der Waals surface area (Å²) in [5.74, 6) is 0.718. The summed E-state index contributed by atoms with van der Waals surface area (Å²) in [7, 11) is 0. The van der Waals surface area contributed by atoms with Crippen molar-refractivity contribution >= 4 is 5.91 Å². The number of nitrogens with zero attached hydrogens (tertiary/aromatic N) is 3. The summed E-state index contributed by atoms with van der Waals surface area (Å²) in [5, 5.41) is 4.45. The lowest BCUT2D eigenvalue weighted by Gasteiger charge is -2.19. The number of hydrogen-bond donors (Lipinski definition) is 0. The molecule has 0 bridgehead atoms. The molecule has 31 heavy (non-hydrogen) atoms. The molecule has 1 heterocycles. The molecule has 0 saturated heterocycles. The summed E-state index contributed by atoms with van der Waals surface area (Å²) in [4.78, 5) is 17.9. The van der Waals surface area contributed by atoms with Gasteiger partial charge >= 0.3 is 6.01 Å². The number of carbonyl (C=O) groups excluding carboxylic acids is 1. The zero-order valence-electron chi connectivity index (χ0n) is 18.8. The molecule has 0 amide bonds. The van der Waals surface area contributed by atoms with E-state index in [1.165, 1.54) is 15.8 Å². The molecule has 4 rings (SSSR count). The third-order valence-corrected chi connectivity index (χ3v) is 5.87. The van der Waals surface area contributed by atoms with E-state index in [0.717, 1.165) is 24.8 Å². The first kappa shape index (κ1) is 21.3. The minimum Gasteiger partial charge on any atom is -0.462 e. The smallest absolute Gasteiger partial charge is 0.336 e. The zero-order chi connectivity index (χ0) is 22.0. The topological polar surface area (TPSA) is 57.0 Å². The first-order valence-corrected chi connectivity index (χ1v) is 11.2. The lowest BCUT2D eigenvalue weighted by molar-refractivity contribution is 0.0867. The fourth-order valence-corrected chi connectivity index (χ4v) is 3.82. The summed E-state index contributed by atoms with van der Waals surface area (Å²) in [5.41, 5.74) is 3.37. The molecule has 3 aromatic rings. The maximum atomic E-state index is 13.4. The van der Waals surface area contributed by atoms with Crippen LogP contribution in [0.2, 0.25) is 0 Å². The maximum Gasteiger partial charge on any atom is 0.336 e. The van der Waals surface area contributed by atoms with Crippen LogP contribution >= 0.6 is 0 Å². The highest BCUT2D eigenvalue weighted by atomic mass is 16.5. The van der Waals surface area contributed by atoms with Crippen LogP contribution in [0.1, 0.15) is 68.8 Å². The number of unbranched alkanes of at least 4 members (excludes halogenated alkanes) is 1. The van der Waals surface area contributed by atoms with E-state index in [1.807, 2.05) is 30.3 Å². The zero-order valence-corrected chi connectivity index (χ0v) is 18.8. The number of rotatable bonds is 7. The van der Waals surface area contributed by atoms with Crippen LogP contribution in [0.25, 0.3) is 11.4 Å². The Morgan fingerprint density at radius 3 is 2.45 bits per heavy atom. The number of aromatic nitrogens is 3. The Hall–Kier alpha value is -2.95. The number of carbonyl (C=O) groups is 1. The normalized spacial score (nSPS) is 18.1. The largest absolute Gasteiger partial charge is 0.462 e. The van der Waals surface area contributed by atoms with Crippen LogP contribution < -0.4 is 4.74 Å². The second-order valence-electron chi connectivity index (χ2n) is 9.36. The van der Waals surface area contributed by atoms with E-state index in [2.05, 4.69) is 62.0 Å². The van der Waals surface area contributed by atoms with Crippen molar-refractivity contribution in [3.8, 4) is 17.4 Å². The molecule has 0 radical (unpaired) electrons. The molecule has 5 nitrogen and oxygen atoms in total. The van der Waals surface area contributed by atoms with Crippen molar-refractivity contribution in [1.29, 1.82) is 0 Å². The molecule has 2 aromatic carbocycles. The van der Waals surface area contributed by atoms with Crippen LogP contribution in [-0.2, 0) is 5.41 Å². The van der Waals surface area contributed by atoms with Gasteiger partial charge in [0.15, 0.2) is 5.82 Å². The highest BCUT2D eigenvalue weighted by molar-refractivity contribution is 5.87. The maximum absolute atomic E-state index is 13.4. The fourth-order valence-electron chi connectivity index (χ4n) is 3.82. The van der Waals surface area contributed by atoms with Gasteiger partial charge in [0.05, 0.1) is 6.61 Å². The number of benzene rings is 2. The SMILES string of the molecule is CCCCOc1nc(-c2ccc(C(C)(C)C)cc2)n(C(=O)C2CC2c2ccccc2)n1. The lowest BCUT2D eigenvalue weighted by atomic mass is 9.87. The Labute approximate surface area is 184 Å². The second-order valence-corrected chi connectivity index (χ2v) is 9.36. The Kier molecular flexibility index (Phi) is 5.94.